The number of piperazine rings is 1. The highest BCUT2D eigenvalue weighted by molar-refractivity contribution is 6.01. The van der Waals surface area contributed by atoms with E-state index in [1.165, 1.54) is 18.4 Å². The lowest BCUT2D eigenvalue weighted by Crippen LogP contribution is -2.47. The zero-order valence-electron chi connectivity index (χ0n) is 22.2. The highest BCUT2D eigenvalue weighted by atomic mass is 16.2. The lowest BCUT2D eigenvalue weighted by atomic mass is 9.67. The predicted molar refractivity (Wildman–Crippen MR) is 143 cm³/mol. The summed E-state index contributed by atoms with van der Waals surface area (Å²) in [4.78, 5) is 26.9. The molecule has 1 aliphatic heterocycles. The molecule has 1 aliphatic carbocycles. The fraction of sp³-hybridized carbons (Fsp3) is 0.552. The summed E-state index contributed by atoms with van der Waals surface area (Å²) in [5.74, 6) is 3.00. The standard InChI is InChI=1S/C29H38N6O/c1-18-7-9-22(10-8-18)27-31-28-24(17-23-20(3)15-19(2)16-21(23)4)25(30-5)26(35(28)32-27)29(36)34-13-11-33(6)12-14-34/h7-10,19-21,23H,11-17H2,1-4,6H3,(H,31,32). The molecule has 2 aromatic heterocycles. The van der Waals surface area contributed by atoms with Crippen LogP contribution in [0.25, 0.3) is 21.9 Å². The minimum Gasteiger partial charge on any atom is -0.336 e. The number of H-pyrrole nitrogens is 1. The van der Waals surface area contributed by atoms with E-state index in [4.69, 9.17) is 11.6 Å². The van der Waals surface area contributed by atoms with Gasteiger partial charge in [0.05, 0.1) is 6.57 Å². The monoisotopic (exact) mass is 486 g/mol. The summed E-state index contributed by atoms with van der Waals surface area (Å²) in [6.07, 6.45) is 3.20. The van der Waals surface area contributed by atoms with Gasteiger partial charge in [-0.2, -0.15) is 0 Å². The molecule has 0 spiro atoms. The number of carbonyl (C=O) groups excluding carboxylic acids is 1. The summed E-state index contributed by atoms with van der Waals surface area (Å²) in [6, 6.07) is 8.25. The first kappa shape index (κ1) is 24.6. The third-order valence-electron chi connectivity index (χ3n) is 8.53. The molecule has 1 saturated carbocycles. The van der Waals surface area contributed by atoms with Crippen LogP contribution in [0.4, 0.5) is 5.69 Å². The van der Waals surface area contributed by atoms with Gasteiger partial charge in [0.15, 0.2) is 5.82 Å². The zero-order chi connectivity index (χ0) is 25.6. The molecule has 1 saturated heterocycles. The molecule has 1 amide bonds. The third kappa shape index (κ3) is 4.43. The molecule has 5 rings (SSSR count). The molecule has 7 nitrogen and oxygen atoms in total. The quantitative estimate of drug-likeness (QED) is 0.500. The van der Waals surface area contributed by atoms with Crippen LogP contribution in [0.5, 0.6) is 0 Å². The van der Waals surface area contributed by atoms with Gasteiger partial charge in [-0.25, -0.2) is 14.3 Å². The summed E-state index contributed by atoms with van der Waals surface area (Å²) in [7, 11) is 2.08. The molecule has 36 heavy (non-hydrogen) atoms. The van der Waals surface area contributed by atoms with Crippen LogP contribution >= 0.6 is 0 Å². The van der Waals surface area contributed by atoms with Gasteiger partial charge < -0.3 is 9.80 Å². The van der Waals surface area contributed by atoms with Gasteiger partial charge in [0.1, 0.15) is 11.3 Å². The minimum absolute atomic E-state index is 0.0761. The van der Waals surface area contributed by atoms with Crippen LogP contribution in [0.2, 0.25) is 0 Å². The number of carbonyl (C=O) groups is 1. The molecular formula is C29H38N6O. The maximum Gasteiger partial charge on any atom is 0.261 e. The van der Waals surface area contributed by atoms with E-state index in [2.05, 4.69) is 73.9 Å². The molecule has 2 aliphatic rings. The SMILES string of the molecule is [C-]#[N+]c1c(CC2C(C)CC(C)CC2C)c2nc(-c3ccc(C)cc3)[nH]n2c1C(=O)N1CCN(C)CC1. The van der Waals surface area contributed by atoms with Crippen molar-refractivity contribution in [1.82, 2.24) is 24.4 Å². The summed E-state index contributed by atoms with van der Waals surface area (Å²) < 4.78 is 1.80. The highest BCUT2D eigenvalue weighted by Crippen LogP contribution is 2.43. The Hall–Kier alpha value is -3.11. The smallest absolute Gasteiger partial charge is 0.261 e. The van der Waals surface area contributed by atoms with Crippen molar-refractivity contribution in [2.45, 2.75) is 47.0 Å². The fourth-order valence-electron chi connectivity index (χ4n) is 6.48. The van der Waals surface area contributed by atoms with Crippen LogP contribution in [-0.2, 0) is 6.42 Å². The Morgan fingerprint density at radius 3 is 2.33 bits per heavy atom. The van der Waals surface area contributed by atoms with Crippen molar-refractivity contribution in [3.63, 3.8) is 0 Å². The van der Waals surface area contributed by atoms with Gasteiger partial charge in [-0.05, 0) is 56.9 Å². The van der Waals surface area contributed by atoms with Gasteiger partial charge in [0, 0.05) is 37.3 Å². The number of nitrogens with zero attached hydrogens (tertiary/aromatic N) is 5. The molecule has 2 fully saturated rings. The van der Waals surface area contributed by atoms with E-state index in [0.29, 0.717) is 42.2 Å². The van der Waals surface area contributed by atoms with Gasteiger partial charge in [0.25, 0.3) is 5.91 Å². The van der Waals surface area contributed by atoms with Gasteiger partial charge in [-0.15, -0.1) is 0 Å². The van der Waals surface area contributed by atoms with E-state index in [-0.39, 0.29) is 5.91 Å². The van der Waals surface area contributed by atoms with Gasteiger partial charge >= 0.3 is 0 Å². The van der Waals surface area contributed by atoms with Crippen molar-refractivity contribution in [3.8, 4) is 11.4 Å². The first-order valence-electron chi connectivity index (χ1n) is 13.3. The summed E-state index contributed by atoms with van der Waals surface area (Å²) in [6.45, 7) is 20.2. The van der Waals surface area contributed by atoms with E-state index in [1.807, 2.05) is 4.90 Å². The number of aryl methyl sites for hydroxylation is 1. The topological polar surface area (TPSA) is 61.0 Å². The third-order valence-corrected chi connectivity index (χ3v) is 8.53. The van der Waals surface area contributed by atoms with Crippen LogP contribution < -0.4 is 0 Å². The maximum absolute atomic E-state index is 13.9. The molecule has 1 N–H and O–H groups in total. The summed E-state index contributed by atoms with van der Waals surface area (Å²) in [5, 5.41) is 3.39. The summed E-state index contributed by atoms with van der Waals surface area (Å²) in [5.41, 5.74) is 4.74. The Bertz CT molecular complexity index is 1280. The number of aromatic amines is 1. The molecule has 2 atom stereocenters. The van der Waals surface area contributed by atoms with E-state index >= 15 is 0 Å². The Kier molecular flexibility index (Phi) is 6.65. The van der Waals surface area contributed by atoms with Crippen LogP contribution in [0.3, 0.4) is 0 Å². The van der Waals surface area contributed by atoms with Crippen LogP contribution in [-0.4, -0.2) is 63.5 Å². The Labute approximate surface area is 214 Å². The number of amides is 1. The van der Waals surface area contributed by atoms with Gasteiger partial charge in [-0.1, -0.05) is 50.6 Å². The first-order chi connectivity index (χ1) is 17.3. The molecule has 3 aromatic rings. The number of benzene rings is 1. The molecule has 3 heterocycles. The zero-order valence-corrected chi connectivity index (χ0v) is 22.2. The number of rotatable bonds is 4. The Morgan fingerprint density at radius 1 is 1.08 bits per heavy atom. The van der Waals surface area contributed by atoms with Crippen molar-refractivity contribution in [2.75, 3.05) is 33.2 Å². The number of hydrogen-bond acceptors (Lipinski definition) is 3. The second-order valence-electron chi connectivity index (χ2n) is 11.4. The lowest BCUT2D eigenvalue weighted by molar-refractivity contribution is 0.0657. The lowest BCUT2D eigenvalue weighted by Gasteiger charge is -2.38. The largest absolute Gasteiger partial charge is 0.336 e. The second-order valence-corrected chi connectivity index (χ2v) is 11.4. The average Bonchev–Trinajstić information content (AvgIpc) is 3.39. The molecule has 0 radical (unpaired) electrons. The average molecular weight is 487 g/mol. The number of nitrogens with one attached hydrogen (secondary N) is 1. The fourth-order valence-corrected chi connectivity index (χ4v) is 6.48. The number of hydrogen-bond donors (Lipinski definition) is 1. The Balaban J connectivity index is 1.62. The summed E-state index contributed by atoms with van der Waals surface area (Å²) >= 11 is 0. The van der Waals surface area contributed by atoms with Crippen molar-refractivity contribution >= 4 is 17.2 Å². The van der Waals surface area contributed by atoms with E-state index in [0.717, 1.165) is 48.0 Å². The molecule has 7 heteroatoms. The molecule has 190 valence electrons. The number of aromatic nitrogens is 3. The van der Waals surface area contributed by atoms with Crippen molar-refractivity contribution in [3.05, 3.63) is 52.5 Å². The van der Waals surface area contributed by atoms with E-state index < -0.39 is 0 Å². The molecule has 1 aromatic carbocycles. The van der Waals surface area contributed by atoms with E-state index in [1.54, 1.807) is 4.52 Å². The second kappa shape index (κ2) is 9.74. The van der Waals surface area contributed by atoms with Gasteiger partial charge in [0.2, 0.25) is 5.69 Å². The van der Waals surface area contributed by atoms with Crippen molar-refractivity contribution in [1.29, 1.82) is 0 Å². The van der Waals surface area contributed by atoms with Crippen LogP contribution in [0, 0.1) is 37.2 Å². The van der Waals surface area contributed by atoms with Crippen LogP contribution in [0.15, 0.2) is 24.3 Å². The molecule has 2 unspecified atom stereocenters. The van der Waals surface area contributed by atoms with E-state index in [9.17, 15) is 4.79 Å². The minimum atomic E-state index is -0.0761. The highest BCUT2D eigenvalue weighted by Gasteiger charge is 2.36. The normalized spacial score (nSPS) is 25.3. The molecule has 0 bridgehead atoms. The van der Waals surface area contributed by atoms with Crippen molar-refractivity contribution < 1.29 is 4.79 Å². The number of fused-ring (bicyclic) bond motifs is 1. The molecular weight excluding hydrogens is 448 g/mol. The first-order valence-corrected chi connectivity index (χ1v) is 13.3. The predicted octanol–water partition coefficient (Wildman–Crippen LogP) is 5.44. The van der Waals surface area contributed by atoms with Crippen LogP contribution in [0.1, 0.15) is 55.2 Å². The maximum atomic E-state index is 13.9. The number of likely N-dealkylation sites (N-methyl/N-ethyl adjacent to an activating group) is 1. The van der Waals surface area contributed by atoms with Gasteiger partial charge in [-0.3, -0.25) is 9.89 Å². The van der Waals surface area contributed by atoms with Crippen molar-refractivity contribution in [2.24, 2.45) is 23.7 Å². The Morgan fingerprint density at radius 2 is 1.72 bits per heavy atom.